The minimum atomic E-state index is -3.85. The Morgan fingerprint density at radius 1 is 1.38 bits per heavy atom. The minimum Gasteiger partial charge on any atom is -0.465 e. The van der Waals surface area contributed by atoms with Gasteiger partial charge in [0.25, 0.3) is 10.1 Å². The van der Waals surface area contributed by atoms with Gasteiger partial charge in [-0.15, -0.1) is 0 Å². The van der Waals surface area contributed by atoms with E-state index in [0.717, 1.165) is 5.56 Å². The first kappa shape index (κ1) is 15.8. The third-order valence-corrected chi connectivity index (χ3v) is 4.89. The lowest BCUT2D eigenvalue weighted by atomic mass is 10.1. The number of likely N-dealkylation sites (tertiary alicyclic amines) is 1. The summed E-state index contributed by atoms with van der Waals surface area (Å²) in [5.41, 5.74) is 0.954. The van der Waals surface area contributed by atoms with Gasteiger partial charge in [-0.3, -0.25) is 4.18 Å². The molecule has 0 aromatic heterocycles. The molecule has 1 N–H and O–H groups in total. The maximum atomic E-state index is 12.1. The summed E-state index contributed by atoms with van der Waals surface area (Å²) in [6, 6.07) is 5.93. The highest BCUT2D eigenvalue weighted by Gasteiger charge is 2.34. The van der Waals surface area contributed by atoms with Crippen molar-refractivity contribution < 1.29 is 22.5 Å². The summed E-state index contributed by atoms with van der Waals surface area (Å²) in [7, 11) is -3.85. The van der Waals surface area contributed by atoms with Crippen LogP contribution in [0, 0.1) is 12.8 Å². The zero-order valence-corrected chi connectivity index (χ0v) is 12.8. The normalized spacial score (nSPS) is 22.5. The standard InChI is InChI=1S/C14H19NO5S/c1-10-3-5-13(6-4-10)21(18,19)20-9-12-7-11(2)8-15(12)14(16)17/h3-6,11-12H,7-9H2,1-2H3,(H,16,17)/t11-,12+/m0/s1. The molecule has 1 saturated heterocycles. The maximum Gasteiger partial charge on any atom is 0.407 e. The summed E-state index contributed by atoms with van der Waals surface area (Å²) < 4.78 is 29.2. The van der Waals surface area contributed by atoms with Crippen LogP contribution in [0.15, 0.2) is 29.2 Å². The fraction of sp³-hybridized carbons (Fsp3) is 0.500. The van der Waals surface area contributed by atoms with Crippen molar-refractivity contribution in [3.8, 4) is 0 Å². The Kier molecular flexibility index (Phi) is 4.53. The molecule has 1 fully saturated rings. The van der Waals surface area contributed by atoms with E-state index in [9.17, 15) is 13.2 Å². The highest BCUT2D eigenvalue weighted by Crippen LogP contribution is 2.24. The van der Waals surface area contributed by atoms with Crippen molar-refractivity contribution in [2.45, 2.75) is 31.2 Å². The first-order valence-corrected chi connectivity index (χ1v) is 8.16. The maximum absolute atomic E-state index is 12.1. The molecule has 7 heteroatoms. The van der Waals surface area contributed by atoms with Crippen molar-refractivity contribution in [2.75, 3.05) is 13.2 Å². The molecule has 1 aromatic rings. The van der Waals surface area contributed by atoms with Gasteiger partial charge in [0.05, 0.1) is 17.5 Å². The van der Waals surface area contributed by atoms with Crippen LogP contribution in [0.3, 0.4) is 0 Å². The van der Waals surface area contributed by atoms with Gasteiger partial charge in [0, 0.05) is 6.54 Å². The molecule has 2 atom stereocenters. The number of nitrogens with zero attached hydrogens (tertiary/aromatic N) is 1. The van der Waals surface area contributed by atoms with Crippen LogP contribution in [0.2, 0.25) is 0 Å². The van der Waals surface area contributed by atoms with E-state index in [2.05, 4.69) is 0 Å². The van der Waals surface area contributed by atoms with Gasteiger partial charge in [-0.2, -0.15) is 8.42 Å². The van der Waals surface area contributed by atoms with E-state index in [4.69, 9.17) is 9.29 Å². The van der Waals surface area contributed by atoms with E-state index in [-0.39, 0.29) is 17.4 Å². The Balaban J connectivity index is 2.04. The van der Waals surface area contributed by atoms with Crippen LogP contribution in [-0.2, 0) is 14.3 Å². The van der Waals surface area contributed by atoms with E-state index in [1.807, 2.05) is 13.8 Å². The van der Waals surface area contributed by atoms with Gasteiger partial charge in [-0.05, 0) is 31.4 Å². The van der Waals surface area contributed by atoms with Crippen molar-refractivity contribution >= 4 is 16.2 Å². The van der Waals surface area contributed by atoms with Gasteiger partial charge in [0.15, 0.2) is 0 Å². The molecular formula is C14H19NO5S. The largest absolute Gasteiger partial charge is 0.465 e. The summed E-state index contributed by atoms with van der Waals surface area (Å²) in [5, 5.41) is 9.10. The highest BCUT2D eigenvalue weighted by molar-refractivity contribution is 7.86. The van der Waals surface area contributed by atoms with Gasteiger partial charge in [0.1, 0.15) is 0 Å². The smallest absolute Gasteiger partial charge is 0.407 e. The molecule has 1 aromatic carbocycles. The van der Waals surface area contributed by atoms with E-state index in [0.29, 0.717) is 13.0 Å². The summed E-state index contributed by atoms with van der Waals surface area (Å²) in [6.45, 7) is 4.06. The number of rotatable bonds is 4. The topological polar surface area (TPSA) is 83.9 Å². The lowest BCUT2D eigenvalue weighted by Gasteiger charge is -2.20. The number of aryl methyl sites for hydroxylation is 1. The first-order valence-electron chi connectivity index (χ1n) is 6.75. The predicted molar refractivity (Wildman–Crippen MR) is 76.6 cm³/mol. The molecule has 21 heavy (non-hydrogen) atoms. The van der Waals surface area contributed by atoms with Crippen molar-refractivity contribution in [1.82, 2.24) is 4.90 Å². The molecule has 0 aliphatic carbocycles. The first-order chi connectivity index (χ1) is 9.79. The lowest BCUT2D eigenvalue weighted by molar-refractivity contribution is 0.124. The van der Waals surface area contributed by atoms with Crippen LogP contribution in [-0.4, -0.2) is 43.7 Å². The van der Waals surface area contributed by atoms with Gasteiger partial charge in [-0.25, -0.2) is 4.79 Å². The van der Waals surface area contributed by atoms with Gasteiger partial charge < -0.3 is 10.0 Å². The molecule has 0 spiro atoms. The number of amides is 1. The number of carbonyl (C=O) groups is 1. The van der Waals surface area contributed by atoms with Crippen molar-refractivity contribution in [2.24, 2.45) is 5.92 Å². The van der Waals surface area contributed by atoms with Crippen LogP contribution in [0.5, 0.6) is 0 Å². The summed E-state index contributed by atoms with van der Waals surface area (Å²) in [5.74, 6) is 0.205. The number of hydrogen-bond acceptors (Lipinski definition) is 4. The summed E-state index contributed by atoms with van der Waals surface area (Å²) in [4.78, 5) is 12.4. The van der Waals surface area contributed by atoms with Crippen LogP contribution in [0.1, 0.15) is 18.9 Å². The Morgan fingerprint density at radius 3 is 2.57 bits per heavy atom. The molecular weight excluding hydrogens is 294 g/mol. The molecule has 116 valence electrons. The molecule has 0 bridgehead atoms. The second kappa shape index (κ2) is 6.03. The molecule has 1 heterocycles. The number of benzene rings is 1. The van der Waals surface area contributed by atoms with Crippen molar-refractivity contribution in [1.29, 1.82) is 0 Å². The SMILES string of the molecule is Cc1ccc(S(=O)(=O)OC[C@H]2C[C@H](C)CN2C(=O)O)cc1. The monoisotopic (exact) mass is 313 g/mol. The number of hydrogen-bond donors (Lipinski definition) is 1. The quantitative estimate of drug-likeness (QED) is 0.860. The fourth-order valence-corrected chi connectivity index (χ4v) is 3.43. The second-order valence-corrected chi connectivity index (χ2v) is 7.10. The molecule has 6 nitrogen and oxygen atoms in total. The Labute approximate surface area is 124 Å². The second-order valence-electron chi connectivity index (χ2n) is 5.48. The molecule has 1 aliphatic rings. The molecule has 0 unspecified atom stereocenters. The van der Waals surface area contributed by atoms with Crippen LogP contribution >= 0.6 is 0 Å². The van der Waals surface area contributed by atoms with Gasteiger partial charge in [0.2, 0.25) is 0 Å². The average molecular weight is 313 g/mol. The van der Waals surface area contributed by atoms with Gasteiger partial charge in [-0.1, -0.05) is 24.6 Å². The Hall–Kier alpha value is -1.60. The lowest BCUT2D eigenvalue weighted by Crippen LogP contribution is -2.37. The van der Waals surface area contributed by atoms with E-state index in [1.54, 1.807) is 12.1 Å². The van der Waals surface area contributed by atoms with Crippen LogP contribution in [0.25, 0.3) is 0 Å². The molecule has 0 saturated carbocycles. The van der Waals surface area contributed by atoms with Gasteiger partial charge >= 0.3 is 6.09 Å². The molecule has 1 aliphatic heterocycles. The van der Waals surface area contributed by atoms with E-state index < -0.39 is 22.3 Å². The van der Waals surface area contributed by atoms with Crippen LogP contribution in [0.4, 0.5) is 4.79 Å². The van der Waals surface area contributed by atoms with Crippen LogP contribution < -0.4 is 0 Å². The Bertz CT molecular complexity index is 611. The summed E-state index contributed by atoms with van der Waals surface area (Å²) in [6.07, 6.45) is -0.434. The zero-order valence-electron chi connectivity index (χ0n) is 12.0. The van der Waals surface area contributed by atoms with Crippen molar-refractivity contribution in [3.63, 3.8) is 0 Å². The third kappa shape index (κ3) is 3.74. The molecule has 1 amide bonds. The van der Waals surface area contributed by atoms with E-state index in [1.165, 1.54) is 17.0 Å². The Morgan fingerprint density at radius 2 is 2.00 bits per heavy atom. The molecule has 2 rings (SSSR count). The highest BCUT2D eigenvalue weighted by atomic mass is 32.2. The average Bonchev–Trinajstić information content (AvgIpc) is 2.79. The fourth-order valence-electron chi connectivity index (χ4n) is 2.48. The molecule has 0 radical (unpaired) electrons. The summed E-state index contributed by atoms with van der Waals surface area (Å²) >= 11 is 0. The zero-order chi connectivity index (χ0) is 15.6. The predicted octanol–water partition coefficient (Wildman–Crippen LogP) is 2.09. The van der Waals surface area contributed by atoms with E-state index >= 15 is 0 Å². The van der Waals surface area contributed by atoms with Crippen molar-refractivity contribution in [3.05, 3.63) is 29.8 Å². The minimum absolute atomic E-state index is 0.0843. The number of carboxylic acid groups (broad SMARTS) is 1. The third-order valence-electron chi connectivity index (χ3n) is 3.59.